The summed E-state index contributed by atoms with van der Waals surface area (Å²) in [5.41, 5.74) is 6.35. The highest BCUT2D eigenvalue weighted by atomic mass is 19.1. The third-order valence-electron chi connectivity index (χ3n) is 2.57. The van der Waals surface area contributed by atoms with Crippen LogP contribution in [-0.4, -0.2) is 12.5 Å². The monoisotopic (exact) mass is 224 g/mol. The molecule has 0 aliphatic carbocycles. The molecule has 3 N–H and O–H groups in total. The van der Waals surface area contributed by atoms with Crippen molar-refractivity contribution in [3.63, 3.8) is 0 Å². The number of benzene rings is 1. The second kappa shape index (κ2) is 5.61. The van der Waals surface area contributed by atoms with Crippen molar-refractivity contribution in [1.82, 2.24) is 0 Å². The number of rotatable bonds is 4. The van der Waals surface area contributed by atoms with Gasteiger partial charge in [0.2, 0.25) is 5.91 Å². The molecule has 4 heteroatoms. The summed E-state index contributed by atoms with van der Waals surface area (Å²) in [5.74, 6) is -0.601. The van der Waals surface area contributed by atoms with E-state index in [1.165, 1.54) is 6.07 Å². The molecule has 1 atom stereocenters. The normalized spacial score (nSPS) is 12.2. The lowest BCUT2D eigenvalue weighted by molar-refractivity contribution is -0.119. The van der Waals surface area contributed by atoms with E-state index in [1.807, 2.05) is 0 Å². The van der Waals surface area contributed by atoms with Crippen molar-refractivity contribution in [2.75, 3.05) is 11.9 Å². The molecule has 1 amide bonds. The molecule has 3 nitrogen and oxygen atoms in total. The maximum absolute atomic E-state index is 13.2. The van der Waals surface area contributed by atoms with Crippen LogP contribution >= 0.6 is 0 Å². The first-order chi connectivity index (χ1) is 7.56. The molecule has 0 aliphatic heterocycles. The zero-order valence-electron chi connectivity index (χ0n) is 9.59. The van der Waals surface area contributed by atoms with Gasteiger partial charge in [-0.1, -0.05) is 13.0 Å². The fraction of sp³-hybridized carbons (Fsp3) is 0.417. The first-order valence-electron chi connectivity index (χ1n) is 5.32. The Kier molecular flexibility index (Phi) is 4.43. The summed E-state index contributed by atoms with van der Waals surface area (Å²) in [4.78, 5) is 11.7. The van der Waals surface area contributed by atoms with E-state index in [4.69, 9.17) is 5.73 Å². The summed E-state index contributed by atoms with van der Waals surface area (Å²) < 4.78 is 13.2. The maximum atomic E-state index is 13.2. The lowest BCUT2D eigenvalue weighted by Gasteiger charge is -2.13. The SMILES string of the molecule is Cc1c(F)cccc1NC(=O)C(C)CCN. The van der Waals surface area contributed by atoms with Gasteiger partial charge in [0.05, 0.1) is 0 Å². The van der Waals surface area contributed by atoms with Gasteiger partial charge in [0, 0.05) is 17.2 Å². The van der Waals surface area contributed by atoms with Crippen LogP contribution in [0.4, 0.5) is 10.1 Å². The predicted octanol–water partition coefficient (Wildman–Crippen LogP) is 2.06. The van der Waals surface area contributed by atoms with Crippen LogP contribution in [0.25, 0.3) is 0 Å². The zero-order valence-corrected chi connectivity index (χ0v) is 9.59. The van der Waals surface area contributed by atoms with Gasteiger partial charge in [0.15, 0.2) is 0 Å². The molecule has 0 heterocycles. The average Bonchev–Trinajstić information content (AvgIpc) is 2.25. The van der Waals surface area contributed by atoms with E-state index in [2.05, 4.69) is 5.32 Å². The van der Waals surface area contributed by atoms with E-state index in [-0.39, 0.29) is 17.6 Å². The Morgan fingerprint density at radius 1 is 1.56 bits per heavy atom. The van der Waals surface area contributed by atoms with E-state index >= 15 is 0 Å². The minimum atomic E-state index is -0.315. The molecule has 0 radical (unpaired) electrons. The van der Waals surface area contributed by atoms with Crippen molar-refractivity contribution in [1.29, 1.82) is 0 Å². The average molecular weight is 224 g/mol. The fourth-order valence-corrected chi connectivity index (χ4v) is 1.38. The van der Waals surface area contributed by atoms with E-state index in [0.717, 1.165) is 0 Å². The quantitative estimate of drug-likeness (QED) is 0.822. The van der Waals surface area contributed by atoms with Gasteiger partial charge in [-0.3, -0.25) is 4.79 Å². The summed E-state index contributed by atoms with van der Waals surface area (Å²) in [6, 6.07) is 4.63. The third kappa shape index (κ3) is 3.03. The van der Waals surface area contributed by atoms with Gasteiger partial charge in [-0.2, -0.15) is 0 Å². The molecule has 0 spiro atoms. The molecule has 0 bridgehead atoms. The highest BCUT2D eigenvalue weighted by Crippen LogP contribution is 2.18. The number of halogens is 1. The minimum Gasteiger partial charge on any atom is -0.330 e. The van der Waals surface area contributed by atoms with Crippen LogP contribution in [0, 0.1) is 18.7 Å². The third-order valence-corrected chi connectivity index (χ3v) is 2.57. The number of amides is 1. The topological polar surface area (TPSA) is 55.1 Å². The van der Waals surface area contributed by atoms with Gasteiger partial charge in [0.25, 0.3) is 0 Å². The van der Waals surface area contributed by atoms with Crippen molar-refractivity contribution < 1.29 is 9.18 Å². The van der Waals surface area contributed by atoms with Crippen LogP contribution in [0.3, 0.4) is 0 Å². The van der Waals surface area contributed by atoms with Crippen molar-refractivity contribution >= 4 is 11.6 Å². The highest BCUT2D eigenvalue weighted by molar-refractivity contribution is 5.93. The number of carbonyl (C=O) groups is 1. The Bertz CT molecular complexity index is 379. The maximum Gasteiger partial charge on any atom is 0.227 e. The molecular weight excluding hydrogens is 207 g/mol. The predicted molar refractivity (Wildman–Crippen MR) is 62.6 cm³/mol. The van der Waals surface area contributed by atoms with Crippen molar-refractivity contribution in [3.8, 4) is 0 Å². The lowest BCUT2D eigenvalue weighted by Crippen LogP contribution is -2.23. The molecule has 0 aliphatic rings. The number of carbonyl (C=O) groups excluding carboxylic acids is 1. The van der Waals surface area contributed by atoms with Crippen LogP contribution < -0.4 is 11.1 Å². The smallest absolute Gasteiger partial charge is 0.227 e. The molecule has 88 valence electrons. The molecule has 1 unspecified atom stereocenters. The number of nitrogens with one attached hydrogen (secondary N) is 1. The Balaban J connectivity index is 2.73. The number of hydrogen-bond acceptors (Lipinski definition) is 2. The minimum absolute atomic E-state index is 0.126. The summed E-state index contributed by atoms with van der Waals surface area (Å²) in [6.45, 7) is 3.91. The molecule has 0 saturated carbocycles. The van der Waals surface area contributed by atoms with Gasteiger partial charge in [-0.15, -0.1) is 0 Å². The van der Waals surface area contributed by atoms with Crippen molar-refractivity contribution in [3.05, 3.63) is 29.6 Å². The molecule has 16 heavy (non-hydrogen) atoms. The van der Waals surface area contributed by atoms with Gasteiger partial charge in [-0.05, 0) is 32.0 Å². The zero-order chi connectivity index (χ0) is 12.1. The van der Waals surface area contributed by atoms with Crippen LogP contribution in [0.1, 0.15) is 18.9 Å². The van der Waals surface area contributed by atoms with E-state index < -0.39 is 0 Å². The first-order valence-corrected chi connectivity index (χ1v) is 5.32. The van der Waals surface area contributed by atoms with Crippen LogP contribution in [0.2, 0.25) is 0 Å². The molecular formula is C12H17FN2O. The van der Waals surface area contributed by atoms with Crippen LogP contribution in [0.15, 0.2) is 18.2 Å². The molecule has 1 rings (SSSR count). The second-order valence-electron chi connectivity index (χ2n) is 3.88. The fourth-order valence-electron chi connectivity index (χ4n) is 1.38. The van der Waals surface area contributed by atoms with Gasteiger partial charge < -0.3 is 11.1 Å². The van der Waals surface area contributed by atoms with Crippen molar-refractivity contribution in [2.24, 2.45) is 11.7 Å². The second-order valence-corrected chi connectivity index (χ2v) is 3.88. The van der Waals surface area contributed by atoms with E-state index in [1.54, 1.807) is 26.0 Å². The van der Waals surface area contributed by atoms with Crippen LogP contribution in [-0.2, 0) is 4.79 Å². The Hall–Kier alpha value is -1.42. The Morgan fingerprint density at radius 3 is 2.88 bits per heavy atom. The molecule has 1 aromatic carbocycles. The molecule has 0 saturated heterocycles. The van der Waals surface area contributed by atoms with Crippen LogP contribution in [0.5, 0.6) is 0 Å². The molecule has 0 aromatic heterocycles. The Labute approximate surface area is 94.8 Å². The van der Waals surface area contributed by atoms with Gasteiger partial charge in [-0.25, -0.2) is 4.39 Å². The largest absolute Gasteiger partial charge is 0.330 e. The standard InChI is InChI=1S/C12H17FN2O/c1-8(6-7-14)12(16)15-11-5-3-4-10(13)9(11)2/h3-5,8H,6-7,14H2,1-2H3,(H,15,16). The summed E-state index contributed by atoms with van der Waals surface area (Å²) in [7, 11) is 0. The van der Waals surface area contributed by atoms with Gasteiger partial charge in [0.1, 0.15) is 5.82 Å². The summed E-state index contributed by atoms with van der Waals surface area (Å²) in [6.07, 6.45) is 0.625. The van der Waals surface area contributed by atoms with E-state index in [9.17, 15) is 9.18 Å². The Morgan fingerprint density at radius 2 is 2.25 bits per heavy atom. The number of hydrogen-bond donors (Lipinski definition) is 2. The molecule has 0 fully saturated rings. The van der Waals surface area contributed by atoms with Crippen molar-refractivity contribution in [2.45, 2.75) is 20.3 Å². The molecule has 1 aromatic rings. The number of anilines is 1. The summed E-state index contributed by atoms with van der Waals surface area (Å²) in [5, 5.41) is 2.70. The highest BCUT2D eigenvalue weighted by Gasteiger charge is 2.13. The van der Waals surface area contributed by atoms with E-state index in [0.29, 0.717) is 24.2 Å². The summed E-state index contributed by atoms with van der Waals surface area (Å²) >= 11 is 0. The van der Waals surface area contributed by atoms with Gasteiger partial charge >= 0.3 is 0 Å². The first kappa shape index (κ1) is 12.6. The number of nitrogens with two attached hydrogens (primary N) is 1. The lowest BCUT2D eigenvalue weighted by atomic mass is 10.1.